The van der Waals surface area contributed by atoms with Crippen molar-refractivity contribution < 1.29 is 47.1 Å². The summed E-state index contributed by atoms with van der Waals surface area (Å²) in [5.41, 5.74) is 5.33. The van der Waals surface area contributed by atoms with Gasteiger partial charge in [-0.25, -0.2) is 24.3 Å². The number of phosphoric acid groups is 1. The first kappa shape index (κ1) is 29.5. The number of aromatic nitrogens is 6. The molecule has 19 nitrogen and oxygen atoms in total. The molecule has 6 N–H and O–H groups in total. The number of aliphatic hydroxyl groups excluding tert-OH is 1. The Morgan fingerprint density at radius 3 is 2.66 bits per heavy atom. The highest BCUT2D eigenvalue weighted by molar-refractivity contribution is 7.47. The minimum atomic E-state index is -4.84. The maximum absolute atomic E-state index is 12.9. The van der Waals surface area contributed by atoms with E-state index in [9.17, 15) is 28.7 Å². The average Bonchev–Trinajstić information content (AvgIpc) is 3.61. The molecule has 5 heterocycles. The quantitative estimate of drug-likeness (QED) is 0.177. The van der Waals surface area contributed by atoms with E-state index in [-0.39, 0.29) is 24.2 Å². The van der Waals surface area contributed by atoms with Crippen molar-refractivity contribution in [3.8, 4) is 0 Å². The van der Waals surface area contributed by atoms with E-state index in [4.69, 9.17) is 33.7 Å². The number of fused-ring (bicyclic) bond motifs is 1. The van der Waals surface area contributed by atoms with Gasteiger partial charge in [-0.15, -0.1) is 9.42 Å². The number of hydrogen-bond acceptors (Lipinski definition) is 14. The minimum Gasteiger partial charge on any atom is -0.390 e. The maximum atomic E-state index is 12.9. The number of ether oxygens (including phenoxy) is 2. The van der Waals surface area contributed by atoms with E-state index in [0.29, 0.717) is 11.2 Å². The maximum Gasteiger partial charge on any atom is 0.694 e. The molecule has 41 heavy (non-hydrogen) atoms. The molecule has 8 atom stereocenters. The number of nitrogens with one attached hydrogen (secondary N) is 1. The van der Waals surface area contributed by atoms with Crippen molar-refractivity contribution >= 4 is 33.1 Å². The van der Waals surface area contributed by atoms with E-state index < -0.39 is 77.4 Å². The summed E-state index contributed by atoms with van der Waals surface area (Å²) in [7, 11) is -7.88. The van der Waals surface area contributed by atoms with Gasteiger partial charge in [0.05, 0.1) is 19.0 Å². The third-order valence-corrected chi connectivity index (χ3v) is 7.94. The van der Waals surface area contributed by atoms with Crippen LogP contribution in [-0.2, 0) is 32.2 Å². The lowest BCUT2D eigenvalue weighted by atomic mass is 10.2. The van der Waals surface area contributed by atoms with Gasteiger partial charge in [-0.3, -0.25) is 28.0 Å². The zero-order valence-corrected chi connectivity index (χ0v) is 23.0. The molecule has 2 aliphatic rings. The van der Waals surface area contributed by atoms with E-state index in [0.717, 1.165) is 4.57 Å². The first-order valence-corrected chi connectivity index (χ1v) is 14.7. The van der Waals surface area contributed by atoms with E-state index in [1.54, 1.807) is 4.57 Å². The molecule has 2 fully saturated rings. The summed E-state index contributed by atoms with van der Waals surface area (Å²) < 4.78 is 53.1. The lowest BCUT2D eigenvalue weighted by molar-refractivity contribution is -0.0543. The van der Waals surface area contributed by atoms with Crippen LogP contribution in [0.25, 0.3) is 11.2 Å². The van der Waals surface area contributed by atoms with Crippen molar-refractivity contribution in [2.45, 2.75) is 56.6 Å². The Morgan fingerprint density at radius 2 is 1.90 bits per heavy atom. The Balaban J connectivity index is 1.24. The largest absolute Gasteiger partial charge is 0.694 e. The van der Waals surface area contributed by atoms with Crippen LogP contribution in [0.1, 0.15) is 30.9 Å². The highest BCUT2D eigenvalue weighted by atomic mass is 31.2. The van der Waals surface area contributed by atoms with Crippen molar-refractivity contribution in [3.63, 3.8) is 0 Å². The van der Waals surface area contributed by atoms with Crippen molar-refractivity contribution in [3.05, 3.63) is 45.3 Å². The fourth-order valence-electron chi connectivity index (χ4n) is 4.56. The van der Waals surface area contributed by atoms with Gasteiger partial charge in [0.2, 0.25) is 0 Å². The van der Waals surface area contributed by atoms with Crippen LogP contribution in [0.15, 0.2) is 28.4 Å². The second kappa shape index (κ2) is 11.7. The van der Waals surface area contributed by atoms with Crippen molar-refractivity contribution in [1.29, 1.82) is 0 Å². The van der Waals surface area contributed by atoms with Crippen LogP contribution in [0.4, 0.5) is 5.82 Å². The highest BCUT2D eigenvalue weighted by Crippen LogP contribution is 2.49. The number of aliphatic hydroxyl groups is 1. The predicted octanol–water partition coefficient (Wildman–Crippen LogP) is -0.628. The number of nitrogens with two attached hydrogens (primary N) is 1. The Labute approximate surface area is 230 Å². The van der Waals surface area contributed by atoms with Gasteiger partial charge in [-0.05, 0) is 6.92 Å². The van der Waals surface area contributed by atoms with Gasteiger partial charge < -0.3 is 25.2 Å². The number of aryl methyl sites for hydroxylation is 1. The second-order valence-electron chi connectivity index (χ2n) is 9.30. The van der Waals surface area contributed by atoms with Crippen molar-refractivity contribution in [2.75, 3.05) is 18.9 Å². The van der Waals surface area contributed by atoms with Gasteiger partial charge in [0.15, 0.2) is 11.5 Å². The number of aromatic amines is 1. The summed E-state index contributed by atoms with van der Waals surface area (Å²) in [6, 6.07) is 0. The Morgan fingerprint density at radius 1 is 1.17 bits per heavy atom. The first-order valence-electron chi connectivity index (χ1n) is 12.1. The normalized spacial score (nSPS) is 28.2. The zero-order valence-electron chi connectivity index (χ0n) is 21.2. The SMILES string of the molecule is Cc1cn([C@H]2C[C@H](OP(=O)(O)OC[C@H]3O[C@@H](n4cnc5c(N)ncnc54)C[C@@H]3O)[C@@H](CO[P+](=O)O)O2)c(=O)[nH]c1=O. The van der Waals surface area contributed by atoms with Crippen LogP contribution in [0.5, 0.6) is 0 Å². The van der Waals surface area contributed by atoms with Crippen LogP contribution < -0.4 is 17.0 Å². The Hall–Kier alpha value is -2.96. The van der Waals surface area contributed by atoms with Crippen molar-refractivity contribution in [1.82, 2.24) is 29.1 Å². The Kier molecular flexibility index (Phi) is 8.45. The van der Waals surface area contributed by atoms with Crippen LogP contribution in [0, 0.1) is 6.92 Å². The number of nitrogens with zero attached hydrogens (tertiary/aromatic N) is 5. The standard InChI is InChI=1S/C20H25N7O12P2/c1-9-4-26(20(30)25-19(9)29)15-3-11(13(38-15)5-35-40(31)32)39-41(33,34)36-6-12-10(28)2-14(37-12)27-8-24-16-17(21)22-7-23-18(16)27/h4,7-8,10-15,28H,2-3,5-6H2,1H3,(H4-,21,22,23,25,29,30,31,32,33,34)/p+1/t10-,11-,12+,13+,14+,15+/m0/s1. The average molecular weight is 618 g/mol. The topological polar surface area (TPSA) is 265 Å². The molecule has 5 rings (SSSR count). The summed E-state index contributed by atoms with van der Waals surface area (Å²) in [6.45, 7) is 0.393. The van der Waals surface area contributed by atoms with E-state index in [2.05, 4.69) is 19.9 Å². The lowest BCUT2D eigenvalue weighted by Gasteiger charge is -2.21. The summed E-state index contributed by atoms with van der Waals surface area (Å²) in [6.07, 6.45) is -2.52. The molecule has 3 aromatic rings. The minimum absolute atomic E-state index is 0.0875. The molecule has 3 aromatic heterocycles. The molecule has 2 aliphatic heterocycles. The smallest absolute Gasteiger partial charge is 0.390 e. The molecule has 21 heteroatoms. The number of imidazole rings is 1. The third kappa shape index (κ3) is 6.44. The molecule has 0 radical (unpaired) electrons. The zero-order chi connectivity index (χ0) is 29.5. The third-order valence-electron chi connectivity index (χ3n) is 6.56. The molecule has 0 aromatic carbocycles. The first-order chi connectivity index (χ1) is 19.4. The van der Waals surface area contributed by atoms with Gasteiger partial charge in [0, 0.05) is 29.2 Å². The number of anilines is 1. The summed E-state index contributed by atoms with van der Waals surface area (Å²) in [5.74, 6) is 0.166. The summed E-state index contributed by atoms with van der Waals surface area (Å²) in [5, 5.41) is 10.5. The number of rotatable bonds is 10. The predicted molar refractivity (Wildman–Crippen MR) is 135 cm³/mol. The van der Waals surface area contributed by atoms with E-state index in [1.165, 1.54) is 25.8 Å². The fraction of sp³-hybridized carbons (Fsp3) is 0.550. The molecule has 2 unspecified atom stereocenters. The Bertz CT molecular complexity index is 1610. The molecule has 0 bridgehead atoms. The molecule has 2 saturated heterocycles. The number of hydrogen-bond donors (Lipinski definition) is 5. The lowest BCUT2D eigenvalue weighted by Crippen LogP contribution is -2.33. The number of phosphoric ester groups is 1. The van der Waals surface area contributed by atoms with Gasteiger partial charge >= 0.3 is 21.8 Å². The van der Waals surface area contributed by atoms with Crippen molar-refractivity contribution in [2.24, 2.45) is 0 Å². The summed E-state index contributed by atoms with van der Waals surface area (Å²) in [4.78, 5) is 57.8. The van der Waals surface area contributed by atoms with Crippen LogP contribution in [0.2, 0.25) is 0 Å². The van der Waals surface area contributed by atoms with Crippen LogP contribution >= 0.6 is 16.1 Å². The van der Waals surface area contributed by atoms with Gasteiger partial charge in [0.1, 0.15) is 49.2 Å². The number of H-pyrrole nitrogens is 1. The van der Waals surface area contributed by atoms with Gasteiger partial charge in [-0.1, -0.05) is 0 Å². The van der Waals surface area contributed by atoms with E-state index >= 15 is 0 Å². The second-order valence-corrected chi connectivity index (χ2v) is 11.4. The van der Waals surface area contributed by atoms with Crippen LogP contribution in [-0.4, -0.2) is 81.6 Å². The molecule has 0 amide bonds. The molecule has 0 spiro atoms. The fourth-order valence-corrected chi connectivity index (χ4v) is 5.79. The number of nitrogen functional groups attached to an aromatic ring is 1. The van der Waals surface area contributed by atoms with Gasteiger partial charge in [0.25, 0.3) is 5.56 Å². The van der Waals surface area contributed by atoms with Crippen LogP contribution in [0.3, 0.4) is 0 Å². The van der Waals surface area contributed by atoms with E-state index in [1.807, 2.05) is 0 Å². The molecular formula is C20H26N7O12P2+. The molecule has 222 valence electrons. The molecule has 0 saturated carbocycles. The highest BCUT2D eigenvalue weighted by Gasteiger charge is 2.44. The molecule has 0 aliphatic carbocycles. The summed E-state index contributed by atoms with van der Waals surface area (Å²) >= 11 is 0. The molecular weight excluding hydrogens is 592 g/mol. The monoisotopic (exact) mass is 618 g/mol. The van der Waals surface area contributed by atoms with Gasteiger partial charge in [-0.2, -0.15) is 0 Å².